The zero-order valence-electron chi connectivity index (χ0n) is 16.7. The SMILES string of the molecule is Cc1cc(C(=O)Nc2ccc(-c3ncc4cc(C(F)(F)F)ccc4n3)cc2C)ccn1. The van der Waals surface area contributed by atoms with Crippen LogP contribution in [0.2, 0.25) is 0 Å². The van der Waals surface area contributed by atoms with Crippen LogP contribution in [0.1, 0.15) is 27.2 Å². The molecule has 2 aromatic heterocycles. The van der Waals surface area contributed by atoms with Gasteiger partial charge in [-0.1, -0.05) is 0 Å². The Balaban J connectivity index is 1.60. The minimum absolute atomic E-state index is 0.247. The number of aryl methyl sites for hydroxylation is 2. The largest absolute Gasteiger partial charge is 0.416 e. The maximum Gasteiger partial charge on any atom is 0.416 e. The molecule has 8 heteroatoms. The number of pyridine rings is 1. The van der Waals surface area contributed by atoms with Crippen molar-refractivity contribution in [2.45, 2.75) is 20.0 Å². The number of rotatable bonds is 3. The number of alkyl halides is 3. The van der Waals surface area contributed by atoms with Crippen molar-refractivity contribution in [3.63, 3.8) is 0 Å². The highest BCUT2D eigenvalue weighted by atomic mass is 19.4. The van der Waals surface area contributed by atoms with Gasteiger partial charge < -0.3 is 5.32 Å². The fourth-order valence-electron chi connectivity index (χ4n) is 3.17. The highest BCUT2D eigenvalue weighted by Gasteiger charge is 2.30. The first kappa shape index (κ1) is 20.5. The molecule has 0 saturated heterocycles. The van der Waals surface area contributed by atoms with Crippen molar-refractivity contribution < 1.29 is 18.0 Å². The highest BCUT2D eigenvalue weighted by molar-refractivity contribution is 6.04. The van der Waals surface area contributed by atoms with Gasteiger partial charge in [-0.05, 0) is 67.9 Å². The Labute approximate surface area is 176 Å². The van der Waals surface area contributed by atoms with Crippen LogP contribution in [0.25, 0.3) is 22.3 Å². The maximum atomic E-state index is 12.9. The summed E-state index contributed by atoms with van der Waals surface area (Å²) in [6, 6.07) is 12.0. The Morgan fingerprint density at radius 1 is 0.968 bits per heavy atom. The summed E-state index contributed by atoms with van der Waals surface area (Å²) in [4.78, 5) is 25.2. The van der Waals surface area contributed by atoms with Gasteiger partial charge in [0.25, 0.3) is 5.91 Å². The number of carbonyl (C=O) groups excluding carboxylic acids is 1. The molecular formula is C23H17F3N4O. The number of anilines is 1. The topological polar surface area (TPSA) is 67.8 Å². The van der Waals surface area contributed by atoms with Crippen molar-refractivity contribution in [1.29, 1.82) is 0 Å². The number of amides is 1. The van der Waals surface area contributed by atoms with E-state index in [0.717, 1.165) is 23.4 Å². The van der Waals surface area contributed by atoms with Gasteiger partial charge in [-0.2, -0.15) is 13.2 Å². The Hall–Kier alpha value is -3.81. The van der Waals surface area contributed by atoms with E-state index in [2.05, 4.69) is 20.3 Å². The first-order valence-corrected chi connectivity index (χ1v) is 9.40. The Morgan fingerprint density at radius 2 is 1.77 bits per heavy atom. The van der Waals surface area contributed by atoms with Crippen molar-refractivity contribution in [3.8, 4) is 11.4 Å². The lowest BCUT2D eigenvalue weighted by atomic mass is 10.1. The van der Waals surface area contributed by atoms with Crippen molar-refractivity contribution >= 4 is 22.5 Å². The van der Waals surface area contributed by atoms with E-state index in [1.807, 2.05) is 19.9 Å². The van der Waals surface area contributed by atoms with Gasteiger partial charge in [0, 0.05) is 40.3 Å². The maximum absolute atomic E-state index is 12.9. The van der Waals surface area contributed by atoms with E-state index in [9.17, 15) is 18.0 Å². The Kier molecular flexibility index (Phi) is 5.14. The number of nitrogens with one attached hydrogen (secondary N) is 1. The molecule has 0 saturated carbocycles. The van der Waals surface area contributed by atoms with Crippen LogP contribution in [0, 0.1) is 13.8 Å². The monoisotopic (exact) mass is 422 g/mol. The molecular weight excluding hydrogens is 405 g/mol. The van der Waals surface area contributed by atoms with Gasteiger partial charge in [0.2, 0.25) is 0 Å². The van der Waals surface area contributed by atoms with E-state index < -0.39 is 11.7 Å². The van der Waals surface area contributed by atoms with Crippen molar-refractivity contribution in [3.05, 3.63) is 83.3 Å². The van der Waals surface area contributed by atoms with Crippen LogP contribution in [-0.2, 0) is 6.18 Å². The molecule has 2 aromatic carbocycles. The van der Waals surface area contributed by atoms with E-state index in [0.29, 0.717) is 33.5 Å². The summed E-state index contributed by atoms with van der Waals surface area (Å²) >= 11 is 0. The number of fused-ring (bicyclic) bond motifs is 1. The zero-order valence-corrected chi connectivity index (χ0v) is 16.7. The van der Waals surface area contributed by atoms with Crippen LogP contribution in [0.3, 0.4) is 0 Å². The van der Waals surface area contributed by atoms with Crippen LogP contribution in [0.15, 0.2) is 60.9 Å². The van der Waals surface area contributed by atoms with E-state index in [-0.39, 0.29) is 5.91 Å². The van der Waals surface area contributed by atoms with Crippen LogP contribution in [0.5, 0.6) is 0 Å². The van der Waals surface area contributed by atoms with E-state index in [1.165, 1.54) is 12.3 Å². The molecule has 1 N–H and O–H groups in total. The Bertz CT molecular complexity index is 1300. The molecule has 0 radical (unpaired) electrons. The van der Waals surface area contributed by atoms with Crippen molar-refractivity contribution in [1.82, 2.24) is 15.0 Å². The minimum Gasteiger partial charge on any atom is -0.322 e. The molecule has 31 heavy (non-hydrogen) atoms. The molecule has 0 aliphatic rings. The molecule has 156 valence electrons. The van der Waals surface area contributed by atoms with Crippen molar-refractivity contribution in [2.75, 3.05) is 5.32 Å². The molecule has 0 fully saturated rings. The van der Waals surface area contributed by atoms with Gasteiger partial charge in [0.05, 0.1) is 11.1 Å². The predicted octanol–water partition coefficient (Wildman–Crippen LogP) is 5.58. The number of aromatic nitrogens is 3. The lowest BCUT2D eigenvalue weighted by molar-refractivity contribution is -0.137. The molecule has 1 amide bonds. The first-order valence-electron chi connectivity index (χ1n) is 9.40. The molecule has 0 spiro atoms. The summed E-state index contributed by atoms with van der Waals surface area (Å²) < 4.78 is 38.7. The normalized spacial score (nSPS) is 11.5. The molecule has 0 bridgehead atoms. The van der Waals surface area contributed by atoms with E-state index in [1.54, 1.807) is 30.5 Å². The zero-order chi connectivity index (χ0) is 22.2. The van der Waals surface area contributed by atoms with Gasteiger partial charge >= 0.3 is 6.18 Å². The van der Waals surface area contributed by atoms with Crippen LogP contribution < -0.4 is 5.32 Å². The molecule has 5 nitrogen and oxygen atoms in total. The van der Waals surface area contributed by atoms with Gasteiger partial charge in [-0.3, -0.25) is 9.78 Å². The lowest BCUT2D eigenvalue weighted by Crippen LogP contribution is -2.13. The average molecular weight is 422 g/mol. The minimum atomic E-state index is -4.42. The second-order valence-corrected chi connectivity index (χ2v) is 7.13. The summed E-state index contributed by atoms with van der Waals surface area (Å²) in [7, 11) is 0. The van der Waals surface area contributed by atoms with Crippen LogP contribution in [0.4, 0.5) is 18.9 Å². The summed E-state index contributed by atoms with van der Waals surface area (Å²) in [5.41, 5.74) is 3.06. The molecule has 0 aliphatic heterocycles. The number of hydrogen-bond acceptors (Lipinski definition) is 4. The van der Waals surface area contributed by atoms with E-state index in [4.69, 9.17) is 0 Å². The third-order valence-corrected chi connectivity index (χ3v) is 4.80. The fraction of sp³-hybridized carbons (Fsp3) is 0.130. The lowest BCUT2D eigenvalue weighted by Gasteiger charge is -2.11. The van der Waals surface area contributed by atoms with E-state index >= 15 is 0 Å². The molecule has 2 heterocycles. The second-order valence-electron chi connectivity index (χ2n) is 7.13. The third kappa shape index (κ3) is 4.37. The standard InChI is InChI=1S/C23H17F3N4O/c1-13-9-15(3-5-19(13)30-22(31)16-7-8-27-14(2)10-16)21-28-12-17-11-18(23(24,25)26)4-6-20(17)29-21/h3-12H,1-2H3,(H,30,31). The number of nitrogens with zero attached hydrogens (tertiary/aromatic N) is 3. The summed E-state index contributed by atoms with van der Waals surface area (Å²) in [6.07, 6.45) is -1.46. The average Bonchev–Trinajstić information content (AvgIpc) is 2.73. The van der Waals surface area contributed by atoms with Crippen LogP contribution >= 0.6 is 0 Å². The third-order valence-electron chi connectivity index (χ3n) is 4.80. The summed E-state index contributed by atoms with van der Waals surface area (Å²) in [5.74, 6) is 0.141. The molecule has 4 aromatic rings. The smallest absolute Gasteiger partial charge is 0.322 e. The van der Waals surface area contributed by atoms with Crippen LogP contribution in [-0.4, -0.2) is 20.9 Å². The quantitative estimate of drug-likeness (QED) is 0.468. The number of halogens is 3. The molecule has 0 atom stereocenters. The first-order chi connectivity index (χ1) is 14.7. The van der Waals surface area contributed by atoms with Gasteiger partial charge in [0.15, 0.2) is 5.82 Å². The van der Waals surface area contributed by atoms with Gasteiger partial charge in [-0.25, -0.2) is 9.97 Å². The number of hydrogen-bond donors (Lipinski definition) is 1. The number of carbonyl (C=O) groups is 1. The summed E-state index contributed by atoms with van der Waals surface area (Å²) in [5, 5.41) is 3.18. The van der Waals surface area contributed by atoms with Crippen molar-refractivity contribution in [2.24, 2.45) is 0 Å². The molecule has 0 aliphatic carbocycles. The summed E-state index contributed by atoms with van der Waals surface area (Å²) in [6.45, 7) is 3.65. The van der Waals surface area contributed by atoms with Gasteiger partial charge in [0.1, 0.15) is 0 Å². The Morgan fingerprint density at radius 3 is 2.48 bits per heavy atom. The fourth-order valence-corrected chi connectivity index (χ4v) is 3.17. The second kappa shape index (κ2) is 7.79. The highest BCUT2D eigenvalue weighted by Crippen LogP contribution is 2.31. The molecule has 0 unspecified atom stereocenters. The molecule has 4 rings (SSSR count). The number of benzene rings is 2. The van der Waals surface area contributed by atoms with Gasteiger partial charge in [-0.15, -0.1) is 0 Å². The predicted molar refractivity (Wildman–Crippen MR) is 112 cm³/mol.